The average molecular weight is 252 g/mol. The van der Waals surface area contributed by atoms with E-state index in [0.717, 1.165) is 0 Å². The van der Waals surface area contributed by atoms with E-state index in [2.05, 4.69) is 5.32 Å². The number of aliphatic hydroxyl groups is 1. The fourth-order valence-electron chi connectivity index (χ4n) is 1.52. The van der Waals surface area contributed by atoms with Gasteiger partial charge in [-0.25, -0.2) is 0 Å². The monoisotopic (exact) mass is 252 g/mol. The Bertz CT molecular complexity index is 403. The van der Waals surface area contributed by atoms with E-state index in [4.69, 9.17) is 15.6 Å². The summed E-state index contributed by atoms with van der Waals surface area (Å²) in [6.45, 7) is 4.22. The van der Waals surface area contributed by atoms with Crippen LogP contribution in [0.25, 0.3) is 0 Å². The molecule has 5 nitrogen and oxygen atoms in total. The standard InChI is InChI=1S/C13H20N2O3/c1-3-10(8-16)15-13(17)9-5-6-12(18-4-2)11(14)7-9/h5-7,10,16H,3-4,8,14H2,1-2H3,(H,15,17)/t10-/m0/s1. The summed E-state index contributed by atoms with van der Waals surface area (Å²) in [5.74, 6) is 0.328. The van der Waals surface area contributed by atoms with Crippen LogP contribution in [0.5, 0.6) is 5.75 Å². The Morgan fingerprint density at radius 3 is 2.72 bits per heavy atom. The lowest BCUT2D eigenvalue weighted by Gasteiger charge is -2.14. The second kappa shape index (κ2) is 6.86. The molecule has 0 heterocycles. The summed E-state index contributed by atoms with van der Waals surface area (Å²) < 4.78 is 5.30. The first-order valence-electron chi connectivity index (χ1n) is 6.06. The number of hydrogen-bond acceptors (Lipinski definition) is 4. The largest absolute Gasteiger partial charge is 0.492 e. The second-order valence-corrected chi connectivity index (χ2v) is 3.95. The van der Waals surface area contributed by atoms with Crippen molar-refractivity contribution in [1.29, 1.82) is 0 Å². The van der Waals surface area contributed by atoms with Gasteiger partial charge in [-0.15, -0.1) is 0 Å². The first-order chi connectivity index (χ1) is 8.62. The summed E-state index contributed by atoms with van der Waals surface area (Å²) in [7, 11) is 0. The molecule has 1 aromatic rings. The first-order valence-corrected chi connectivity index (χ1v) is 6.06. The summed E-state index contributed by atoms with van der Waals surface area (Å²) >= 11 is 0. The van der Waals surface area contributed by atoms with Gasteiger partial charge in [-0.2, -0.15) is 0 Å². The van der Waals surface area contributed by atoms with Crippen LogP contribution >= 0.6 is 0 Å². The maximum Gasteiger partial charge on any atom is 0.251 e. The second-order valence-electron chi connectivity index (χ2n) is 3.95. The molecule has 0 bridgehead atoms. The van der Waals surface area contributed by atoms with Crippen molar-refractivity contribution >= 4 is 11.6 Å². The first kappa shape index (κ1) is 14.3. The number of amides is 1. The van der Waals surface area contributed by atoms with Crippen molar-refractivity contribution in [2.75, 3.05) is 18.9 Å². The Labute approximate surface area is 107 Å². The molecule has 0 radical (unpaired) electrons. The zero-order valence-corrected chi connectivity index (χ0v) is 10.8. The molecule has 18 heavy (non-hydrogen) atoms. The lowest BCUT2D eigenvalue weighted by molar-refractivity contribution is 0.0915. The smallest absolute Gasteiger partial charge is 0.251 e. The predicted molar refractivity (Wildman–Crippen MR) is 70.7 cm³/mol. The summed E-state index contributed by atoms with van der Waals surface area (Å²) in [5.41, 5.74) is 6.68. The van der Waals surface area contributed by atoms with E-state index in [1.807, 2.05) is 13.8 Å². The molecule has 0 saturated heterocycles. The molecule has 1 atom stereocenters. The lowest BCUT2D eigenvalue weighted by atomic mass is 10.1. The van der Waals surface area contributed by atoms with Crippen molar-refractivity contribution < 1.29 is 14.6 Å². The van der Waals surface area contributed by atoms with Gasteiger partial charge in [-0.3, -0.25) is 4.79 Å². The van der Waals surface area contributed by atoms with Gasteiger partial charge in [0.1, 0.15) is 5.75 Å². The fraction of sp³-hybridized carbons (Fsp3) is 0.462. The summed E-state index contributed by atoms with van der Waals surface area (Å²) in [6.07, 6.45) is 0.675. The Morgan fingerprint density at radius 1 is 1.50 bits per heavy atom. The molecule has 100 valence electrons. The van der Waals surface area contributed by atoms with E-state index in [1.165, 1.54) is 0 Å². The Balaban J connectivity index is 2.78. The van der Waals surface area contributed by atoms with Crippen LogP contribution in [0.3, 0.4) is 0 Å². The molecular weight excluding hydrogens is 232 g/mol. The third-order valence-electron chi connectivity index (χ3n) is 2.62. The van der Waals surface area contributed by atoms with E-state index in [1.54, 1.807) is 18.2 Å². The molecule has 4 N–H and O–H groups in total. The van der Waals surface area contributed by atoms with Gasteiger partial charge in [0.25, 0.3) is 5.91 Å². The van der Waals surface area contributed by atoms with Crippen molar-refractivity contribution in [1.82, 2.24) is 5.32 Å². The number of hydrogen-bond donors (Lipinski definition) is 3. The van der Waals surface area contributed by atoms with E-state index in [9.17, 15) is 4.79 Å². The van der Waals surface area contributed by atoms with Gasteiger partial charge in [0, 0.05) is 5.56 Å². The van der Waals surface area contributed by atoms with Gasteiger partial charge in [-0.1, -0.05) is 6.92 Å². The predicted octanol–water partition coefficient (Wildman–Crippen LogP) is 1.17. The molecule has 0 aromatic heterocycles. The van der Waals surface area contributed by atoms with Crippen molar-refractivity contribution in [2.45, 2.75) is 26.3 Å². The normalized spacial score (nSPS) is 11.9. The molecule has 1 amide bonds. The van der Waals surface area contributed by atoms with Crippen LogP contribution in [0.4, 0.5) is 5.69 Å². The SMILES string of the molecule is CCOc1ccc(C(=O)N[C@@H](CC)CO)cc1N. The van der Waals surface area contributed by atoms with E-state index >= 15 is 0 Å². The van der Waals surface area contributed by atoms with Gasteiger partial charge in [0.15, 0.2) is 0 Å². The van der Waals surface area contributed by atoms with Gasteiger partial charge >= 0.3 is 0 Å². The quantitative estimate of drug-likeness (QED) is 0.663. The van der Waals surface area contributed by atoms with Crippen molar-refractivity contribution in [3.05, 3.63) is 23.8 Å². The van der Waals surface area contributed by atoms with Gasteiger partial charge < -0.3 is 20.9 Å². The minimum absolute atomic E-state index is 0.0747. The van der Waals surface area contributed by atoms with Crippen LogP contribution in [-0.2, 0) is 0 Å². The number of benzene rings is 1. The molecule has 1 rings (SSSR count). The molecule has 5 heteroatoms. The van der Waals surface area contributed by atoms with Crippen molar-refractivity contribution in [2.24, 2.45) is 0 Å². The molecule has 0 aliphatic heterocycles. The number of rotatable bonds is 6. The van der Waals surface area contributed by atoms with Crippen LogP contribution in [0.15, 0.2) is 18.2 Å². The summed E-state index contributed by atoms with van der Waals surface area (Å²) in [4.78, 5) is 11.9. The summed E-state index contributed by atoms with van der Waals surface area (Å²) in [6, 6.07) is 4.67. The molecule has 0 aliphatic rings. The van der Waals surface area contributed by atoms with E-state index in [0.29, 0.717) is 30.0 Å². The molecular formula is C13H20N2O3. The number of carbonyl (C=O) groups excluding carboxylic acids is 1. The van der Waals surface area contributed by atoms with Gasteiger partial charge in [0.2, 0.25) is 0 Å². The van der Waals surface area contributed by atoms with Crippen LogP contribution in [-0.4, -0.2) is 30.3 Å². The van der Waals surface area contributed by atoms with Crippen molar-refractivity contribution in [3.8, 4) is 5.75 Å². The van der Waals surface area contributed by atoms with Gasteiger partial charge in [-0.05, 0) is 31.5 Å². The average Bonchev–Trinajstić information content (AvgIpc) is 2.38. The number of carbonyl (C=O) groups is 1. The zero-order chi connectivity index (χ0) is 13.5. The maximum absolute atomic E-state index is 11.9. The van der Waals surface area contributed by atoms with Gasteiger partial charge in [0.05, 0.1) is 24.9 Å². The lowest BCUT2D eigenvalue weighted by Crippen LogP contribution is -2.36. The molecule has 0 unspecified atom stereocenters. The molecule has 0 saturated carbocycles. The fourth-order valence-corrected chi connectivity index (χ4v) is 1.52. The Hall–Kier alpha value is -1.75. The van der Waals surface area contributed by atoms with Crippen LogP contribution in [0.1, 0.15) is 30.6 Å². The maximum atomic E-state index is 11.9. The molecule has 0 fully saturated rings. The zero-order valence-electron chi connectivity index (χ0n) is 10.8. The molecule has 0 aliphatic carbocycles. The minimum Gasteiger partial charge on any atom is -0.492 e. The summed E-state index contributed by atoms with van der Waals surface area (Å²) in [5, 5.41) is 11.8. The minimum atomic E-state index is -0.245. The number of ether oxygens (including phenoxy) is 1. The molecule has 0 spiro atoms. The highest BCUT2D eigenvalue weighted by molar-refractivity contribution is 5.95. The number of nitrogens with two attached hydrogens (primary N) is 1. The highest BCUT2D eigenvalue weighted by Crippen LogP contribution is 2.22. The van der Waals surface area contributed by atoms with Crippen LogP contribution in [0.2, 0.25) is 0 Å². The topological polar surface area (TPSA) is 84.6 Å². The van der Waals surface area contributed by atoms with Crippen LogP contribution < -0.4 is 15.8 Å². The highest BCUT2D eigenvalue weighted by atomic mass is 16.5. The number of nitrogens with one attached hydrogen (secondary N) is 1. The third-order valence-corrected chi connectivity index (χ3v) is 2.62. The Kier molecular flexibility index (Phi) is 5.45. The number of nitrogen functional groups attached to an aromatic ring is 1. The van der Waals surface area contributed by atoms with Crippen LogP contribution in [0, 0.1) is 0 Å². The number of anilines is 1. The van der Waals surface area contributed by atoms with E-state index in [-0.39, 0.29) is 18.6 Å². The van der Waals surface area contributed by atoms with Crippen molar-refractivity contribution in [3.63, 3.8) is 0 Å². The third kappa shape index (κ3) is 3.63. The molecule has 1 aromatic carbocycles. The highest BCUT2D eigenvalue weighted by Gasteiger charge is 2.12. The number of aliphatic hydroxyl groups excluding tert-OH is 1. The van der Waals surface area contributed by atoms with E-state index < -0.39 is 0 Å². The Morgan fingerprint density at radius 2 is 2.22 bits per heavy atom.